The zero-order valence-electron chi connectivity index (χ0n) is 8.20. The van der Waals surface area contributed by atoms with Gasteiger partial charge in [-0.1, -0.05) is 0 Å². The summed E-state index contributed by atoms with van der Waals surface area (Å²) in [5, 5.41) is 2.95. The monoisotopic (exact) mass is 195 g/mol. The van der Waals surface area contributed by atoms with Gasteiger partial charge < -0.3 is 15.8 Å². The van der Waals surface area contributed by atoms with E-state index in [0.717, 1.165) is 0 Å². The number of methoxy groups -OCH3 is 1. The highest BCUT2D eigenvalue weighted by molar-refractivity contribution is 5.97. The van der Waals surface area contributed by atoms with Crippen molar-refractivity contribution in [1.29, 1.82) is 0 Å². The summed E-state index contributed by atoms with van der Waals surface area (Å²) >= 11 is 0. The van der Waals surface area contributed by atoms with Gasteiger partial charge in [0.05, 0.1) is 18.4 Å². The Kier molecular flexibility index (Phi) is 3.28. The van der Waals surface area contributed by atoms with Crippen molar-refractivity contribution < 1.29 is 9.53 Å². The zero-order chi connectivity index (χ0) is 10.6. The molecule has 0 atom stereocenters. The number of rotatable bonds is 3. The molecule has 3 N–H and O–H groups in total. The van der Waals surface area contributed by atoms with Crippen molar-refractivity contribution in [3.8, 4) is 0 Å². The van der Waals surface area contributed by atoms with Crippen LogP contribution >= 0.6 is 0 Å². The highest BCUT2D eigenvalue weighted by Crippen LogP contribution is 2.20. The second kappa shape index (κ2) is 4.45. The molecule has 0 saturated carbocycles. The number of nitrogens with two attached hydrogens (primary N) is 1. The zero-order valence-corrected chi connectivity index (χ0v) is 8.20. The van der Waals surface area contributed by atoms with E-state index in [1.54, 1.807) is 0 Å². The normalized spacial score (nSPS) is 9.57. The fourth-order valence-electron chi connectivity index (χ4n) is 1.07. The fourth-order valence-corrected chi connectivity index (χ4v) is 1.07. The number of nitrogens with one attached hydrogen (secondary N) is 1. The van der Waals surface area contributed by atoms with E-state index >= 15 is 0 Å². The van der Waals surface area contributed by atoms with Crippen LogP contribution in [0.25, 0.3) is 0 Å². The molecule has 0 spiro atoms. The maximum atomic E-state index is 11.2. The van der Waals surface area contributed by atoms with Gasteiger partial charge in [0.15, 0.2) is 0 Å². The highest BCUT2D eigenvalue weighted by atomic mass is 16.5. The lowest BCUT2D eigenvalue weighted by Gasteiger charge is -2.08. The van der Waals surface area contributed by atoms with Gasteiger partial charge in [0.25, 0.3) is 0 Å². The second-order valence-corrected chi connectivity index (χ2v) is 2.64. The SMILES string of the molecule is CCNc1nccc(C(=O)OC)c1N. The summed E-state index contributed by atoms with van der Waals surface area (Å²) in [7, 11) is 1.31. The molecule has 1 heterocycles. The summed E-state index contributed by atoms with van der Waals surface area (Å²) in [5.41, 5.74) is 6.37. The molecular weight excluding hydrogens is 182 g/mol. The van der Waals surface area contributed by atoms with Gasteiger partial charge in [-0.2, -0.15) is 0 Å². The van der Waals surface area contributed by atoms with E-state index in [2.05, 4.69) is 15.0 Å². The molecule has 0 aliphatic heterocycles. The second-order valence-electron chi connectivity index (χ2n) is 2.64. The standard InChI is InChI=1S/C9H13N3O2/c1-3-11-8-7(10)6(4-5-12-8)9(13)14-2/h4-5H,3,10H2,1-2H3,(H,11,12). The number of hydrogen-bond acceptors (Lipinski definition) is 5. The summed E-state index contributed by atoms with van der Waals surface area (Å²) in [6, 6.07) is 1.53. The first-order chi connectivity index (χ1) is 6.70. The van der Waals surface area contributed by atoms with Crippen molar-refractivity contribution in [2.24, 2.45) is 0 Å². The van der Waals surface area contributed by atoms with Crippen LogP contribution in [0.3, 0.4) is 0 Å². The largest absolute Gasteiger partial charge is 0.465 e. The molecule has 0 unspecified atom stereocenters. The van der Waals surface area contributed by atoms with Crippen molar-refractivity contribution >= 4 is 17.5 Å². The average molecular weight is 195 g/mol. The third kappa shape index (κ3) is 1.93. The lowest BCUT2D eigenvalue weighted by atomic mass is 10.2. The van der Waals surface area contributed by atoms with Gasteiger partial charge in [-0.05, 0) is 13.0 Å². The van der Waals surface area contributed by atoms with E-state index in [1.165, 1.54) is 19.4 Å². The first-order valence-corrected chi connectivity index (χ1v) is 4.27. The maximum Gasteiger partial charge on any atom is 0.340 e. The molecule has 0 saturated heterocycles. The molecule has 0 aliphatic carbocycles. The molecular formula is C9H13N3O2. The van der Waals surface area contributed by atoms with Crippen LogP contribution in [0.1, 0.15) is 17.3 Å². The van der Waals surface area contributed by atoms with Crippen LogP contribution in [0, 0.1) is 0 Å². The molecule has 14 heavy (non-hydrogen) atoms. The molecule has 0 amide bonds. The van der Waals surface area contributed by atoms with Gasteiger partial charge in [-0.25, -0.2) is 9.78 Å². The van der Waals surface area contributed by atoms with Crippen molar-refractivity contribution in [1.82, 2.24) is 4.98 Å². The van der Waals surface area contributed by atoms with Crippen LogP contribution in [0.15, 0.2) is 12.3 Å². The van der Waals surface area contributed by atoms with Crippen molar-refractivity contribution in [3.05, 3.63) is 17.8 Å². The number of anilines is 2. The van der Waals surface area contributed by atoms with Gasteiger partial charge in [-0.3, -0.25) is 0 Å². The highest BCUT2D eigenvalue weighted by Gasteiger charge is 2.12. The summed E-state index contributed by atoms with van der Waals surface area (Å²) < 4.78 is 4.58. The number of carbonyl (C=O) groups is 1. The van der Waals surface area contributed by atoms with Crippen LogP contribution in [-0.2, 0) is 4.74 Å². The summed E-state index contributed by atoms with van der Waals surface area (Å²) in [4.78, 5) is 15.2. The molecule has 1 rings (SSSR count). The predicted octanol–water partition coefficient (Wildman–Crippen LogP) is 0.882. The third-order valence-corrected chi connectivity index (χ3v) is 1.74. The Bertz CT molecular complexity index is 339. The molecule has 5 nitrogen and oxygen atoms in total. The molecule has 0 fully saturated rings. The van der Waals surface area contributed by atoms with Crippen LogP contribution in [-0.4, -0.2) is 24.6 Å². The van der Waals surface area contributed by atoms with Gasteiger partial charge in [-0.15, -0.1) is 0 Å². The lowest BCUT2D eigenvalue weighted by Crippen LogP contribution is -2.10. The minimum Gasteiger partial charge on any atom is -0.465 e. The number of nitrogen functional groups attached to an aromatic ring is 1. The minimum absolute atomic E-state index is 0.321. The number of nitrogens with zero attached hydrogens (tertiary/aromatic N) is 1. The Morgan fingerprint density at radius 1 is 1.71 bits per heavy atom. The van der Waals surface area contributed by atoms with Crippen LogP contribution in [0.5, 0.6) is 0 Å². The molecule has 1 aromatic heterocycles. The number of ether oxygens (including phenoxy) is 1. The molecule has 0 aromatic carbocycles. The molecule has 5 heteroatoms. The Morgan fingerprint density at radius 2 is 2.43 bits per heavy atom. The van der Waals surface area contributed by atoms with Gasteiger partial charge in [0.2, 0.25) is 0 Å². The smallest absolute Gasteiger partial charge is 0.340 e. The van der Waals surface area contributed by atoms with E-state index in [0.29, 0.717) is 23.6 Å². The Balaban J connectivity index is 3.07. The van der Waals surface area contributed by atoms with Crippen LogP contribution in [0.4, 0.5) is 11.5 Å². The Labute approximate surface area is 82.3 Å². The van der Waals surface area contributed by atoms with E-state index in [4.69, 9.17) is 5.73 Å². The molecule has 0 bridgehead atoms. The summed E-state index contributed by atoms with van der Waals surface area (Å²) in [6.45, 7) is 2.62. The van der Waals surface area contributed by atoms with Crippen molar-refractivity contribution in [2.75, 3.05) is 24.7 Å². The minimum atomic E-state index is -0.455. The van der Waals surface area contributed by atoms with E-state index < -0.39 is 5.97 Å². The maximum absolute atomic E-state index is 11.2. The molecule has 0 radical (unpaired) electrons. The first-order valence-electron chi connectivity index (χ1n) is 4.27. The van der Waals surface area contributed by atoms with Crippen molar-refractivity contribution in [2.45, 2.75) is 6.92 Å². The van der Waals surface area contributed by atoms with Gasteiger partial charge in [0, 0.05) is 12.7 Å². The van der Waals surface area contributed by atoms with E-state index in [1.807, 2.05) is 6.92 Å². The molecule has 0 aliphatic rings. The summed E-state index contributed by atoms with van der Waals surface area (Å²) in [6.07, 6.45) is 1.51. The van der Waals surface area contributed by atoms with Crippen LogP contribution < -0.4 is 11.1 Å². The van der Waals surface area contributed by atoms with Gasteiger partial charge >= 0.3 is 5.97 Å². The summed E-state index contributed by atoms with van der Waals surface area (Å²) in [5.74, 6) is 0.0550. The predicted molar refractivity (Wildman–Crippen MR) is 54.2 cm³/mol. The van der Waals surface area contributed by atoms with E-state index in [-0.39, 0.29) is 0 Å². The quantitative estimate of drug-likeness (QED) is 0.700. The number of hydrogen-bond donors (Lipinski definition) is 2. The van der Waals surface area contributed by atoms with Crippen molar-refractivity contribution in [3.63, 3.8) is 0 Å². The fraction of sp³-hybridized carbons (Fsp3) is 0.333. The van der Waals surface area contributed by atoms with Gasteiger partial charge in [0.1, 0.15) is 5.82 Å². The number of esters is 1. The molecule has 76 valence electrons. The first kappa shape index (κ1) is 10.3. The van der Waals surface area contributed by atoms with Crippen LogP contribution in [0.2, 0.25) is 0 Å². The van der Waals surface area contributed by atoms with E-state index in [9.17, 15) is 4.79 Å². The Hall–Kier alpha value is -1.78. The number of carbonyl (C=O) groups excluding carboxylic acids is 1. The number of aromatic nitrogens is 1. The molecule has 1 aromatic rings. The lowest BCUT2D eigenvalue weighted by molar-refractivity contribution is 0.0602. The topological polar surface area (TPSA) is 77.2 Å². The Morgan fingerprint density at radius 3 is 3.00 bits per heavy atom. The average Bonchev–Trinajstić information content (AvgIpc) is 2.20. The number of pyridine rings is 1. The third-order valence-electron chi connectivity index (χ3n) is 1.74.